The zero-order valence-electron chi connectivity index (χ0n) is 12.1. The van der Waals surface area contributed by atoms with Crippen molar-refractivity contribution in [3.63, 3.8) is 0 Å². The van der Waals surface area contributed by atoms with E-state index in [0.29, 0.717) is 13.0 Å². The molecule has 4 nitrogen and oxygen atoms in total. The molecule has 0 saturated carbocycles. The largest absolute Gasteiger partial charge is 0.317 e. The second-order valence-electron chi connectivity index (χ2n) is 5.24. The molecule has 1 saturated heterocycles. The molecule has 1 aliphatic rings. The summed E-state index contributed by atoms with van der Waals surface area (Å²) in [4.78, 5) is 0. The average molecular weight is 296 g/mol. The fraction of sp³-hybridized carbons (Fsp3) is 0.600. The van der Waals surface area contributed by atoms with Crippen LogP contribution in [0.1, 0.15) is 25.3 Å². The molecule has 5 heteroatoms. The third-order valence-electron chi connectivity index (χ3n) is 3.88. The SMILES string of the molecule is CCN(C1CCNCC1)S(=O)(=O)CCc1ccccc1. The van der Waals surface area contributed by atoms with Crippen LogP contribution < -0.4 is 5.32 Å². The van der Waals surface area contributed by atoms with Crippen molar-refractivity contribution >= 4 is 10.0 Å². The van der Waals surface area contributed by atoms with E-state index in [9.17, 15) is 8.42 Å². The minimum absolute atomic E-state index is 0.169. The molecule has 1 N–H and O–H groups in total. The molecule has 0 radical (unpaired) electrons. The smallest absolute Gasteiger partial charge is 0.214 e. The molecule has 0 aliphatic carbocycles. The lowest BCUT2D eigenvalue weighted by molar-refractivity contribution is 0.271. The number of nitrogens with zero attached hydrogens (tertiary/aromatic N) is 1. The number of nitrogens with one attached hydrogen (secondary N) is 1. The van der Waals surface area contributed by atoms with Crippen LogP contribution >= 0.6 is 0 Å². The molecule has 0 atom stereocenters. The van der Waals surface area contributed by atoms with Gasteiger partial charge in [-0.3, -0.25) is 0 Å². The van der Waals surface area contributed by atoms with Crippen LogP contribution in [0.3, 0.4) is 0 Å². The summed E-state index contributed by atoms with van der Waals surface area (Å²) < 4.78 is 26.8. The topological polar surface area (TPSA) is 49.4 Å². The van der Waals surface area contributed by atoms with Crippen molar-refractivity contribution < 1.29 is 8.42 Å². The van der Waals surface area contributed by atoms with E-state index in [1.165, 1.54) is 0 Å². The van der Waals surface area contributed by atoms with Gasteiger partial charge in [0, 0.05) is 12.6 Å². The molecule has 1 aliphatic heterocycles. The standard InChI is InChI=1S/C15H24N2O2S/c1-2-17(15-8-11-16-12-9-15)20(18,19)13-10-14-6-4-3-5-7-14/h3-7,15-16H,2,8-13H2,1H3. The van der Waals surface area contributed by atoms with Crippen LogP contribution in [0.4, 0.5) is 0 Å². The second-order valence-corrected chi connectivity index (χ2v) is 7.28. The highest BCUT2D eigenvalue weighted by Gasteiger charge is 2.29. The van der Waals surface area contributed by atoms with Gasteiger partial charge in [-0.05, 0) is 37.9 Å². The fourth-order valence-corrected chi connectivity index (χ4v) is 4.57. The maximum Gasteiger partial charge on any atom is 0.214 e. The van der Waals surface area contributed by atoms with Crippen LogP contribution in [0.5, 0.6) is 0 Å². The average Bonchev–Trinajstić information content (AvgIpc) is 2.48. The van der Waals surface area contributed by atoms with Crippen molar-refractivity contribution in [2.45, 2.75) is 32.2 Å². The molecule has 0 bridgehead atoms. The van der Waals surface area contributed by atoms with Gasteiger partial charge in [-0.15, -0.1) is 0 Å². The first kappa shape index (κ1) is 15.5. The number of benzene rings is 1. The predicted molar refractivity (Wildman–Crippen MR) is 82.2 cm³/mol. The van der Waals surface area contributed by atoms with Crippen LogP contribution in [-0.4, -0.2) is 44.2 Å². The highest BCUT2D eigenvalue weighted by molar-refractivity contribution is 7.89. The van der Waals surface area contributed by atoms with Gasteiger partial charge >= 0.3 is 0 Å². The number of piperidine rings is 1. The van der Waals surface area contributed by atoms with E-state index < -0.39 is 10.0 Å². The molecule has 0 unspecified atom stereocenters. The van der Waals surface area contributed by atoms with Crippen LogP contribution in [-0.2, 0) is 16.4 Å². The molecular weight excluding hydrogens is 272 g/mol. The van der Waals surface area contributed by atoms with Crippen molar-refractivity contribution in [3.8, 4) is 0 Å². The Morgan fingerprint density at radius 3 is 2.45 bits per heavy atom. The summed E-state index contributed by atoms with van der Waals surface area (Å²) in [7, 11) is -3.16. The molecule has 112 valence electrons. The normalized spacial score (nSPS) is 17.5. The molecule has 1 aromatic carbocycles. The second kappa shape index (κ2) is 7.20. The fourth-order valence-electron chi connectivity index (χ4n) is 2.79. The molecule has 0 amide bonds. The van der Waals surface area contributed by atoms with Gasteiger partial charge in [-0.25, -0.2) is 8.42 Å². The minimum Gasteiger partial charge on any atom is -0.317 e. The van der Waals surface area contributed by atoms with Crippen molar-refractivity contribution in [2.75, 3.05) is 25.4 Å². The van der Waals surface area contributed by atoms with E-state index in [1.54, 1.807) is 4.31 Å². The molecule has 1 heterocycles. The van der Waals surface area contributed by atoms with Gasteiger partial charge in [0.05, 0.1) is 5.75 Å². The Hall–Kier alpha value is -0.910. The van der Waals surface area contributed by atoms with Crippen LogP contribution in [0.15, 0.2) is 30.3 Å². The molecule has 2 rings (SSSR count). The molecular formula is C15H24N2O2S. The van der Waals surface area contributed by atoms with Gasteiger partial charge in [0.1, 0.15) is 0 Å². The number of hydrogen-bond donors (Lipinski definition) is 1. The van der Waals surface area contributed by atoms with E-state index in [4.69, 9.17) is 0 Å². The first-order valence-corrected chi connectivity index (χ1v) is 8.98. The van der Waals surface area contributed by atoms with E-state index >= 15 is 0 Å². The molecule has 0 spiro atoms. The molecule has 1 aromatic rings. The summed E-state index contributed by atoms with van der Waals surface area (Å²) in [5.41, 5.74) is 1.08. The summed E-state index contributed by atoms with van der Waals surface area (Å²) in [6.07, 6.45) is 2.42. The number of rotatable bonds is 6. The molecule has 1 fully saturated rings. The Balaban J connectivity index is 1.99. The van der Waals surface area contributed by atoms with E-state index in [2.05, 4.69) is 5.32 Å². The lowest BCUT2D eigenvalue weighted by atomic mass is 10.1. The number of hydrogen-bond acceptors (Lipinski definition) is 3. The zero-order chi connectivity index (χ0) is 14.4. The van der Waals surface area contributed by atoms with E-state index in [0.717, 1.165) is 31.5 Å². The Kier molecular flexibility index (Phi) is 5.57. The van der Waals surface area contributed by atoms with Gasteiger partial charge in [0.25, 0.3) is 0 Å². The monoisotopic (exact) mass is 296 g/mol. The maximum atomic E-state index is 12.5. The molecule has 20 heavy (non-hydrogen) atoms. The van der Waals surface area contributed by atoms with Crippen LogP contribution in [0.25, 0.3) is 0 Å². The Morgan fingerprint density at radius 2 is 1.85 bits per heavy atom. The summed E-state index contributed by atoms with van der Waals surface area (Å²) in [6.45, 7) is 4.33. The van der Waals surface area contributed by atoms with Crippen molar-refractivity contribution in [1.82, 2.24) is 9.62 Å². The lowest BCUT2D eigenvalue weighted by Gasteiger charge is -2.33. The van der Waals surface area contributed by atoms with Gasteiger partial charge < -0.3 is 5.32 Å². The van der Waals surface area contributed by atoms with Crippen molar-refractivity contribution in [3.05, 3.63) is 35.9 Å². The number of aryl methyl sites for hydroxylation is 1. The Bertz CT molecular complexity index is 496. The third-order valence-corrected chi connectivity index (χ3v) is 5.87. The highest BCUT2D eigenvalue weighted by Crippen LogP contribution is 2.17. The highest BCUT2D eigenvalue weighted by atomic mass is 32.2. The Labute approximate surface area is 122 Å². The van der Waals surface area contributed by atoms with Crippen molar-refractivity contribution in [1.29, 1.82) is 0 Å². The van der Waals surface area contributed by atoms with Gasteiger partial charge in [0.15, 0.2) is 0 Å². The first-order chi connectivity index (χ1) is 9.63. The Morgan fingerprint density at radius 1 is 1.20 bits per heavy atom. The predicted octanol–water partition coefficient (Wildman–Crippen LogP) is 1.63. The number of sulfonamides is 1. The minimum atomic E-state index is -3.16. The quantitative estimate of drug-likeness (QED) is 0.868. The summed E-state index contributed by atoms with van der Waals surface area (Å²) >= 11 is 0. The van der Waals surface area contributed by atoms with Gasteiger partial charge in [-0.2, -0.15) is 4.31 Å². The van der Waals surface area contributed by atoms with E-state index in [1.807, 2.05) is 37.3 Å². The van der Waals surface area contributed by atoms with Gasteiger partial charge in [-0.1, -0.05) is 37.3 Å². The lowest BCUT2D eigenvalue weighted by Crippen LogP contribution is -2.46. The van der Waals surface area contributed by atoms with Crippen LogP contribution in [0, 0.1) is 0 Å². The summed E-state index contributed by atoms with van der Waals surface area (Å²) in [6, 6.07) is 9.98. The van der Waals surface area contributed by atoms with E-state index in [-0.39, 0.29) is 11.8 Å². The molecule has 0 aromatic heterocycles. The first-order valence-electron chi connectivity index (χ1n) is 7.37. The van der Waals surface area contributed by atoms with Crippen molar-refractivity contribution in [2.24, 2.45) is 0 Å². The maximum absolute atomic E-state index is 12.5. The summed E-state index contributed by atoms with van der Waals surface area (Å²) in [5, 5.41) is 3.28. The zero-order valence-corrected chi connectivity index (χ0v) is 12.9. The van der Waals surface area contributed by atoms with Gasteiger partial charge in [0.2, 0.25) is 10.0 Å². The van der Waals surface area contributed by atoms with Crippen LogP contribution in [0.2, 0.25) is 0 Å². The summed E-state index contributed by atoms with van der Waals surface area (Å²) in [5.74, 6) is 0.203. The third kappa shape index (κ3) is 4.04.